The quantitative estimate of drug-likeness (QED) is 0.483. The standard InChI is InChI=1S/C19H27N3O3.C2HF3O2/c1-19(17(24)21-18(19)25-14-8-3-2-4-9-14)22-16(23)12-11-13-7-5-6-10-15(13)20;3-2(4,5)1(6)7/h2-4,8-9,13,15,18H,5-7,10-12,20H2,1H3,(H,21,24)(H,22,23);(H,6,7)/t13?,15-,18+,19+;/m0./s1. The molecule has 178 valence electrons. The van der Waals surface area contributed by atoms with E-state index in [1.165, 1.54) is 12.8 Å². The van der Waals surface area contributed by atoms with Crippen LogP contribution in [-0.2, 0) is 14.4 Å². The molecule has 2 amide bonds. The molecule has 2 aliphatic rings. The minimum absolute atomic E-state index is 0.128. The van der Waals surface area contributed by atoms with Crippen LogP contribution in [0.2, 0.25) is 0 Å². The van der Waals surface area contributed by atoms with Gasteiger partial charge in [0, 0.05) is 12.5 Å². The summed E-state index contributed by atoms with van der Waals surface area (Å²) in [7, 11) is 0. The maximum absolute atomic E-state index is 12.4. The molecule has 1 saturated heterocycles. The Balaban J connectivity index is 0.000000451. The Labute approximate surface area is 183 Å². The topological polar surface area (TPSA) is 131 Å². The molecule has 3 rings (SSSR count). The normalized spacial score (nSPS) is 27.2. The summed E-state index contributed by atoms with van der Waals surface area (Å²) in [5, 5.41) is 12.7. The number of carbonyl (C=O) groups is 3. The first-order chi connectivity index (χ1) is 14.9. The number of amides is 2. The minimum atomic E-state index is -5.08. The second-order valence-electron chi connectivity index (χ2n) is 8.08. The molecule has 4 atom stereocenters. The predicted molar refractivity (Wildman–Crippen MR) is 108 cm³/mol. The number of carboxylic acids is 1. The second-order valence-corrected chi connectivity index (χ2v) is 8.08. The first kappa shape index (κ1) is 25.4. The zero-order chi connectivity index (χ0) is 23.9. The number of β-lactam (4-membered cyclic amide) rings is 1. The number of ether oxygens (including phenoxy) is 1. The number of nitrogens with one attached hydrogen (secondary N) is 2. The number of para-hydroxylation sites is 1. The number of carboxylic acid groups (broad SMARTS) is 1. The molecule has 0 radical (unpaired) electrons. The molecular weight excluding hydrogens is 431 g/mol. The van der Waals surface area contributed by atoms with Crippen LogP contribution in [0.4, 0.5) is 13.2 Å². The third-order valence-corrected chi connectivity index (χ3v) is 5.61. The highest BCUT2D eigenvalue weighted by Crippen LogP contribution is 2.28. The van der Waals surface area contributed by atoms with Gasteiger partial charge in [0.25, 0.3) is 5.91 Å². The first-order valence-electron chi connectivity index (χ1n) is 10.3. The number of carbonyl (C=O) groups excluding carboxylic acids is 2. The molecule has 8 nitrogen and oxygen atoms in total. The Hall–Kier alpha value is -2.82. The van der Waals surface area contributed by atoms with Crippen LogP contribution in [0, 0.1) is 5.92 Å². The molecule has 32 heavy (non-hydrogen) atoms. The third-order valence-electron chi connectivity index (χ3n) is 5.61. The fourth-order valence-electron chi connectivity index (χ4n) is 3.62. The van der Waals surface area contributed by atoms with E-state index in [4.69, 9.17) is 20.4 Å². The van der Waals surface area contributed by atoms with Crippen molar-refractivity contribution in [3.8, 4) is 5.75 Å². The van der Waals surface area contributed by atoms with Gasteiger partial charge < -0.3 is 26.2 Å². The van der Waals surface area contributed by atoms with E-state index < -0.39 is 23.9 Å². The summed E-state index contributed by atoms with van der Waals surface area (Å²) in [5.74, 6) is -2.06. The van der Waals surface area contributed by atoms with Gasteiger partial charge in [-0.25, -0.2) is 4.79 Å². The van der Waals surface area contributed by atoms with Crippen LogP contribution >= 0.6 is 0 Å². The van der Waals surface area contributed by atoms with Crippen molar-refractivity contribution in [2.45, 2.75) is 69.4 Å². The Morgan fingerprint density at radius 3 is 2.38 bits per heavy atom. The Morgan fingerprint density at radius 1 is 1.25 bits per heavy atom. The molecule has 11 heteroatoms. The van der Waals surface area contributed by atoms with Crippen LogP contribution < -0.4 is 21.1 Å². The van der Waals surface area contributed by atoms with E-state index in [0.29, 0.717) is 18.1 Å². The molecule has 1 aromatic carbocycles. The van der Waals surface area contributed by atoms with Crippen molar-refractivity contribution in [1.29, 1.82) is 0 Å². The number of rotatable bonds is 6. The van der Waals surface area contributed by atoms with Gasteiger partial charge in [-0.2, -0.15) is 13.2 Å². The molecular formula is C21H28F3N3O5. The Bertz CT molecular complexity index is 806. The molecule has 1 heterocycles. The molecule has 1 aromatic rings. The summed E-state index contributed by atoms with van der Waals surface area (Å²) in [5.41, 5.74) is 5.10. The predicted octanol–water partition coefficient (Wildman–Crippen LogP) is 2.33. The van der Waals surface area contributed by atoms with Crippen molar-refractivity contribution < 1.29 is 37.4 Å². The molecule has 1 aliphatic heterocycles. The largest absolute Gasteiger partial charge is 0.490 e. The van der Waals surface area contributed by atoms with Gasteiger partial charge >= 0.3 is 12.1 Å². The van der Waals surface area contributed by atoms with E-state index >= 15 is 0 Å². The summed E-state index contributed by atoms with van der Waals surface area (Å²) in [6.45, 7) is 1.70. The van der Waals surface area contributed by atoms with Crippen molar-refractivity contribution in [2.24, 2.45) is 11.7 Å². The fourth-order valence-corrected chi connectivity index (χ4v) is 3.62. The molecule has 0 aromatic heterocycles. The van der Waals surface area contributed by atoms with Gasteiger partial charge in [0.15, 0.2) is 5.54 Å². The maximum Gasteiger partial charge on any atom is 0.490 e. The monoisotopic (exact) mass is 459 g/mol. The average Bonchev–Trinajstić information content (AvgIpc) is 2.73. The molecule has 0 bridgehead atoms. The minimum Gasteiger partial charge on any atom is -0.475 e. The number of aliphatic carboxylic acids is 1. The molecule has 1 unspecified atom stereocenters. The van der Waals surface area contributed by atoms with Gasteiger partial charge in [-0.15, -0.1) is 0 Å². The third kappa shape index (κ3) is 6.84. The lowest BCUT2D eigenvalue weighted by atomic mass is 9.82. The van der Waals surface area contributed by atoms with Crippen molar-refractivity contribution in [3.05, 3.63) is 30.3 Å². The van der Waals surface area contributed by atoms with Gasteiger partial charge in [0.05, 0.1) is 0 Å². The van der Waals surface area contributed by atoms with Crippen molar-refractivity contribution in [2.75, 3.05) is 0 Å². The van der Waals surface area contributed by atoms with Crippen LogP contribution in [0.25, 0.3) is 0 Å². The van der Waals surface area contributed by atoms with E-state index in [-0.39, 0.29) is 17.9 Å². The van der Waals surface area contributed by atoms with E-state index in [0.717, 1.165) is 19.3 Å². The Morgan fingerprint density at radius 2 is 1.84 bits per heavy atom. The summed E-state index contributed by atoms with van der Waals surface area (Å²) in [4.78, 5) is 33.3. The molecule has 2 fully saturated rings. The number of alkyl halides is 3. The molecule has 1 saturated carbocycles. The lowest BCUT2D eigenvalue weighted by Crippen LogP contribution is -2.79. The van der Waals surface area contributed by atoms with Gasteiger partial charge in [-0.3, -0.25) is 9.59 Å². The maximum atomic E-state index is 12.4. The highest BCUT2D eigenvalue weighted by atomic mass is 19.4. The van der Waals surface area contributed by atoms with E-state index in [1.807, 2.05) is 30.3 Å². The van der Waals surface area contributed by atoms with Crippen LogP contribution in [0.15, 0.2) is 30.3 Å². The van der Waals surface area contributed by atoms with Crippen LogP contribution in [0.3, 0.4) is 0 Å². The summed E-state index contributed by atoms with van der Waals surface area (Å²) in [6, 6.07) is 9.44. The number of halogens is 3. The lowest BCUT2D eigenvalue weighted by Gasteiger charge is -2.45. The van der Waals surface area contributed by atoms with Crippen LogP contribution in [0.1, 0.15) is 45.4 Å². The Kier molecular flexibility index (Phi) is 8.48. The number of hydrogen-bond acceptors (Lipinski definition) is 5. The SMILES string of the molecule is C[C@@]1(NC(=O)CCC2CCCC[C@@H]2N)C(=O)N[C@@H]1Oc1ccccc1.O=C(O)C(F)(F)F. The number of hydrogen-bond donors (Lipinski definition) is 4. The fraction of sp³-hybridized carbons (Fsp3) is 0.571. The van der Waals surface area contributed by atoms with E-state index in [2.05, 4.69) is 10.6 Å². The van der Waals surface area contributed by atoms with Crippen LogP contribution in [0.5, 0.6) is 5.75 Å². The second kappa shape index (κ2) is 10.7. The highest BCUT2D eigenvalue weighted by Gasteiger charge is 2.54. The van der Waals surface area contributed by atoms with Gasteiger partial charge in [-0.1, -0.05) is 31.0 Å². The first-order valence-corrected chi connectivity index (χ1v) is 10.3. The number of benzene rings is 1. The van der Waals surface area contributed by atoms with E-state index in [9.17, 15) is 22.8 Å². The highest BCUT2D eigenvalue weighted by molar-refractivity contribution is 5.97. The summed E-state index contributed by atoms with van der Waals surface area (Å²) >= 11 is 0. The van der Waals surface area contributed by atoms with Gasteiger partial charge in [0.1, 0.15) is 5.75 Å². The van der Waals surface area contributed by atoms with Gasteiger partial charge in [0.2, 0.25) is 12.1 Å². The molecule has 5 N–H and O–H groups in total. The van der Waals surface area contributed by atoms with Crippen molar-refractivity contribution in [1.82, 2.24) is 10.6 Å². The zero-order valence-electron chi connectivity index (χ0n) is 17.7. The number of nitrogens with two attached hydrogens (primary N) is 1. The lowest BCUT2D eigenvalue weighted by molar-refractivity contribution is -0.192. The zero-order valence-corrected chi connectivity index (χ0v) is 17.7. The summed E-state index contributed by atoms with van der Waals surface area (Å²) < 4.78 is 37.5. The van der Waals surface area contributed by atoms with E-state index in [1.54, 1.807) is 6.92 Å². The summed E-state index contributed by atoms with van der Waals surface area (Å²) in [6.07, 6.45) is 0.0102. The molecule has 0 spiro atoms. The van der Waals surface area contributed by atoms with Crippen molar-refractivity contribution >= 4 is 17.8 Å². The van der Waals surface area contributed by atoms with Crippen molar-refractivity contribution in [3.63, 3.8) is 0 Å². The van der Waals surface area contributed by atoms with Gasteiger partial charge in [-0.05, 0) is 44.2 Å². The molecule has 1 aliphatic carbocycles. The average molecular weight is 459 g/mol. The smallest absolute Gasteiger partial charge is 0.475 e. The van der Waals surface area contributed by atoms with Crippen LogP contribution in [-0.4, -0.2) is 46.9 Å².